The van der Waals surface area contributed by atoms with E-state index in [1.165, 1.54) is 12.8 Å². The summed E-state index contributed by atoms with van der Waals surface area (Å²) in [4.78, 5) is 4.22. The highest BCUT2D eigenvalue weighted by molar-refractivity contribution is 7.99. The Morgan fingerprint density at radius 3 is 2.93 bits per heavy atom. The second-order valence-electron chi connectivity index (χ2n) is 4.07. The number of aliphatic hydroxyl groups is 1. The van der Waals surface area contributed by atoms with Gasteiger partial charge in [0, 0.05) is 25.5 Å². The molecule has 2 rings (SSSR count). The molecule has 0 radical (unpaired) electrons. The summed E-state index contributed by atoms with van der Waals surface area (Å²) < 4.78 is 1.95. The summed E-state index contributed by atoms with van der Waals surface area (Å²) in [6.45, 7) is 0.120. The lowest BCUT2D eigenvalue weighted by atomic mass is 10.1. The molecule has 0 aliphatic heterocycles. The minimum absolute atomic E-state index is 0.0681. The maximum Gasteiger partial charge on any atom is 0.168 e. The zero-order chi connectivity index (χ0) is 10.8. The van der Waals surface area contributed by atoms with E-state index in [0.29, 0.717) is 5.92 Å². The molecule has 1 fully saturated rings. The fourth-order valence-corrected chi connectivity index (χ4v) is 2.70. The van der Waals surface area contributed by atoms with Crippen LogP contribution in [-0.4, -0.2) is 32.6 Å². The molecule has 1 aliphatic rings. The van der Waals surface area contributed by atoms with Gasteiger partial charge in [-0.3, -0.25) is 0 Å². The SMILES string of the molecule is Cn1ccnc1SC(CO)C(N)C1CC1. The third kappa shape index (κ3) is 2.53. The average Bonchev–Trinajstić information content (AvgIpc) is 3.00. The lowest BCUT2D eigenvalue weighted by Crippen LogP contribution is -2.37. The van der Waals surface area contributed by atoms with Gasteiger partial charge in [-0.05, 0) is 18.8 Å². The van der Waals surface area contributed by atoms with Crippen LogP contribution in [0.5, 0.6) is 0 Å². The van der Waals surface area contributed by atoms with Gasteiger partial charge in [0.2, 0.25) is 0 Å². The molecular formula is C10H17N3OS. The van der Waals surface area contributed by atoms with Crippen LogP contribution in [0.2, 0.25) is 0 Å². The van der Waals surface area contributed by atoms with E-state index >= 15 is 0 Å². The maximum absolute atomic E-state index is 9.32. The summed E-state index contributed by atoms with van der Waals surface area (Å²) in [5, 5.41) is 10.3. The van der Waals surface area contributed by atoms with Crippen LogP contribution in [0.4, 0.5) is 0 Å². The number of imidazole rings is 1. The molecule has 15 heavy (non-hydrogen) atoms. The molecule has 0 bridgehead atoms. The van der Waals surface area contributed by atoms with E-state index in [1.54, 1.807) is 18.0 Å². The fraction of sp³-hybridized carbons (Fsp3) is 0.700. The van der Waals surface area contributed by atoms with Gasteiger partial charge in [-0.15, -0.1) is 0 Å². The molecule has 2 unspecified atom stereocenters. The molecule has 2 atom stereocenters. The predicted octanol–water partition coefficient (Wildman–Crippen LogP) is 0.610. The molecule has 4 nitrogen and oxygen atoms in total. The molecule has 0 spiro atoms. The smallest absolute Gasteiger partial charge is 0.168 e. The topological polar surface area (TPSA) is 64.1 Å². The van der Waals surface area contributed by atoms with Crippen LogP contribution in [0, 0.1) is 5.92 Å². The van der Waals surface area contributed by atoms with Crippen LogP contribution < -0.4 is 5.73 Å². The van der Waals surface area contributed by atoms with Gasteiger partial charge in [0.1, 0.15) is 0 Å². The number of nitrogens with two attached hydrogens (primary N) is 1. The molecule has 1 saturated carbocycles. The Hall–Kier alpha value is -0.520. The summed E-state index contributed by atoms with van der Waals surface area (Å²) in [5.74, 6) is 0.606. The molecular weight excluding hydrogens is 210 g/mol. The Morgan fingerprint density at radius 1 is 1.73 bits per heavy atom. The third-order valence-corrected chi connectivity index (χ3v) is 4.18. The normalized spacial score (nSPS) is 20.2. The molecule has 0 aromatic carbocycles. The third-order valence-electron chi connectivity index (χ3n) is 2.81. The van der Waals surface area contributed by atoms with Gasteiger partial charge in [-0.2, -0.15) is 0 Å². The lowest BCUT2D eigenvalue weighted by Gasteiger charge is -2.20. The van der Waals surface area contributed by atoms with Crippen molar-refractivity contribution in [2.45, 2.75) is 29.3 Å². The van der Waals surface area contributed by atoms with Crippen LogP contribution in [0.3, 0.4) is 0 Å². The van der Waals surface area contributed by atoms with Crippen molar-refractivity contribution in [1.29, 1.82) is 0 Å². The number of nitrogens with zero attached hydrogens (tertiary/aromatic N) is 2. The Balaban J connectivity index is 1.98. The fourth-order valence-electron chi connectivity index (χ4n) is 1.62. The molecule has 0 amide bonds. The number of hydrogen-bond acceptors (Lipinski definition) is 4. The summed E-state index contributed by atoms with van der Waals surface area (Å²) in [7, 11) is 1.95. The van der Waals surface area contributed by atoms with Crippen molar-refractivity contribution in [1.82, 2.24) is 9.55 Å². The molecule has 5 heteroatoms. The second kappa shape index (κ2) is 4.55. The molecule has 1 aliphatic carbocycles. The van der Waals surface area contributed by atoms with Crippen molar-refractivity contribution in [3.05, 3.63) is 12.4 Å². The van der Waals surface area contributed by atoms with Crippen LogP contribution >= 0.6 is 11.8 Å². The van der Waals surface area contributed by atoms with E-state index in [4.69, 9.17) is 5.73 Å². The van der Waals surface area contributed by atoms with E-state index in [1.807, 2.05) is 17.8 Å². The summed E-state index contributed by atoms with van der Waals surface area (Å²) in [5.41, 5.74) is 6.08. The second-order valence-corrected chi connectivity index (χ2v) is 5.28. The number of aryl methyl sites for hydroxylation is 1. The number of aromatic nitrogens is 2. The van der Waals surface area contributed by atoms with Crippen LogP contribution in [0.25, 0.3) is 0 Å². The van der Waals surface area contributed by atoms with E-state index in [2.05, 4.69) is 4.98 Å². The first kappa shape index (κ1) is 11.0. The minimum Gasteiger partial charge on any atom is -0.395 e. The van der Waals surface area contributed by atoms with E-state index in [-0.39, 0.29) is 17.9 Å². The van der Waals surface area contributed by atoms with Crippen molar-refractivity contribution >= 4 is 11.8 Å². The first-order chi connectivity index (χ1) is 7.22. The summed E-state index contributed by atoms with van der Waals surface area (Å²) in [6.07, 6.45) is 6.08. The Morgan fingerprint density at radius 2 is 2.47 bits per heavy atom. The number of rotatable bonds is 5. The molecule has 0 saturated heterocycles. The first-order valence-corrected chi connectivity index (χ1v) is 6.10. The number of thioether (sulfide) groups is 1. The standard InChI is InChI=1S/C10H17N3OS/c1-13-5-4-12-10(13)15-8(6-14)9(11)7-2-3-7/h4-5,7-9,14H,2-3,6,11H2,1H3. The van der Waals surface area contributed by atoms with Gasteiger partial charge >= 0.3 is 0 Å². The largest absolute Gasteiger partial charge is 0.395 e. The van der Waals surface area contributed by atoms with E-state index in [9.17, 15) is 5.11 Å². The molecule has 84 valence electrons. The van der Waals surface area contributed by atoms with Crippen molar-refractivity contribution in [3.63, 3.8) is 0 Å². The van der Waals surface area contributed by atoms with Crippen LogP contribution in [0.1, 0.15) is 12.8 Å². The van der Waals surface area contributed by atoms with Crippen molar-refractivity contribution in [3.8, 4) is 0 Å². The lowest BCUT2D eigenvalue weighted by molar-refractivity contribution is 0.277. The molecule has 1 heterocycles. The molecule has 1 aromatic heterocycles. The quantitative estimate of drug-likeness (QED) is 0.723. The highest BCUT2D eigenvalue weighted by Gasteiger charge is 2.34. The van der Waals surface area contributed by atoms with Crippen molar-refractivity contribution in [2.24, 2.45) is 18.7 Å². The Bertz CT molecular complexity index is 324. The zero-order valence-electron chi connectivity index (χ0n) is 8.84. The van der Waals surface area contributed by atoms with Crippen molar-refractivity contribution in [2.75, 3.05) is 6.61 Å². The number of hydrogen-bond donors (Lipinski definition) is 2. The summed E-state index contributed by atoms with van der Waals surface area (Å²) in [6, 6.07) is 0.0942. The van der Waals surface area contributed by atoms with Gasteiger partial charge < -0.3 is 15.4 Å². The van der Waals surface area contributed by atoms with Gasteiger partial charge in [-0.1, -0.05) is 11.8 Å². The summed E-state index contributed by atoms with van der Waals surface area (Å²) >= 11 is 1.58. The molecule has 1 aromatic rings. The minimum atomic E-state index is 0.0681. The Labute approximate surface area is 93.9 Å². The maximum atomic E-state index is 9.32. The number of aliphatic hydroxyl groups excluding tert-OH is 1. The van der Waals surface area contributed by atoms with Crippen LogP contribution in [-0.2, 0) is 7.05 Å². The van der Waals surface area contributed by atoms with Crippen molar-refractivity contribution < 1.29 is 5.11 Å². The van der Waals surface area contributed by atoms with Gasteiger partial charge in [0.05, 0.1) is 11.9 Å². The van der Waals surface area contributed by atoms with E-state index < -0.39 is 0 Å². The van der Waals surface area contributed by atoms with Crippen LogP contribution in [0.15, 0.2) is 17.6 Å². The predicted molar refractivity (Wildman–Crippen MR) is 60.6 cm³/mol. The van der Waals surface area contributed by atoms with E-state index in [0.717, 1.165) is 5.16 Å². The monoisotopic (exact) mass is 227 g/mol. The first-order valence-electron chi connectivity index (χ1n) is 5.22. The van der Waals surface area contributed by atoms with Gasteiger partial charge in [-0.25, -0.2) is 4.98 Å². The van der Waals surface area contributed by atoms with Gasteiger partial charge in [0.15, 0.2) is 5.16 Å². The highest BCUT2D eigenvalue weighted by atomic mass is 32.2. The highest BCUT2D eigenvalue weighted by Crippen LogP contribution is 2.37. The average molecular weight is 227 g/mol. The Kier molecular flexibility index (Phi) is 3.33. The zero-order valence-corrected chi connectivity index (χ0v) is 9.65. The molecule has 3 N–H and O–H groups in total. The van der Waals surface area contributed by atoms with Gasteiger partial charge in [0.25, 0.3) is 0 Å².